The summed E-state index contributed by atoms with van der Waals surface area (Å²) < 4.78 is 3.63. The predicted octanol–water partition coefficient (Wildman–Crippen LogP) is 0.562. The number of aryl methyl sites for hydroxylation is 2. The Labute approximate surface area is 100 Å². The Morgan fingerprint density at radius 3 is 2.59 bits per heavy atom. The van der Waals surface area contributed by atoms with Gasteiger partial charge in [0.2, 0.25) is 0 Å². The summed E-state index contributed by atoms with van der Waals surface area (Å²) in [6.45, 7) is 6.45. The van der Waals surface area contributed by atoms with Crippen LogP contribution < -0.4 is 5.73 Å². The molecule has 6 heteroatoms. The van der Waals surface area contributed by atoms with Gasteiger partial charge in [0.05, 0.1) is 29.7 Å². The summed E-state index contributed by atoms with van der Waals surface area (Å²) in [5.41, 5.74) is 8.39. The monoisotopic (exact) mass is 234 g/mol. The maximum Gasteiger partial charge on any atom is 0.102 e. The van der Waals surface area contributed by atoms with Crippen LogP contribution in [0.4, 0.5) is 0 Å². The Bertz CT molecular complexity index is 516. The molecule has 0 saturated heterocycles. The number of hydrogen-bond acceptors (Lipinski definition) is 4. The van der Waals surface area contributed by atoms with E-state index in [4.69, 9.17) is 5.73 Å². The van der Waals surface area contributed by atoms with Crippen LogP contribution in [-0.4, -0.2) is 24.8 Å². The topological polar surface area (TPSA) is 74.6 Å². The van der Waals surface area contributed by atoms with Crippen LogP contribution in [0.2, 0.25) is 0 Å². The molecular formula is C11H18N6. The van der Waals surface area contributed by atoms with E-state index in [0.717, 1.165) is 17.1 Å². The number of nitrogens with zero attached hydrogens (tertiary/aromatic N) is 5. The zero-order valence-electron chi connectivity index (χ0n) is 10.7. The Morgan fingerprint density at radius 2 is 2.12 bits per heavy atom. The quantitative estimate of drug-likeness (QED) is 0.842. The van der Waals surface area contributed by atoms with Crippen molar-refractivity contribution in [2.24, 2.45) is 12.8 Å². The van der Waals surface area contributed by atoms with E-state index in [-0.39, 0.29) is 0 Å². The fourth-order valence-corrected chi connectivity index (χ4v) is 1.65. The summed E-state index contributed by atoms with van der Waals surface area (Å²) in [6.07, 6.45) is 1.88. The van der Waals surface area contributed by atoms with Crippen LogP contribution in [0.5, 0.6) is 0 Å². The Morgan fingerprint density at radius 1 is 1.41 bits per heavy atom. The molecule has 0 aromatic carbocycles. The second kappa shape index (κ2) is 3.96. The summed E-state index contributed by atoms with van der Waals surface area (Å²) >= 11 is 0. The lowest BCUT2D eigenvalue weighted by atomic mass is 10.0. The third kappa shape index (κ3) is 2.52. The molecule has 0 aliphatic heterocycles. The van der Waals surface area contributed by atoms with Gasteiger partial charge in [-0.3, -0.25) is 4.68 Å². The van der Waals surface area contributed by atoms with Gasteiger partial charge >= 0.3 is 0 Å². The molecule has 0 atom stereocenters. The van der Waals surface area contributed by atoms with Gasteiger partial charge in [0.15, 0.2) is 0 Å². The molecule has 2 rings (SSSR count). The molecule has 6 nitrogen and oxygen atoms in total. The van der Waals surface area contributed by atoms with Crippen molar-refractivity contribution < 1.29 is 0 Å². The summed E-state index contributed by atoms with van der Waals surface area (Å²) in [6, 6.07) is 2.04. The lowest BCUT2D eigenvalue weighted by Gasteiger charge is -2.13. The molecule has 0 radical (unpaired) electrons. The fraction of sp³-hybridized carbons (Fsp3) is 0.545. The molecule has 2 heterocycles. The number of aromatic nitrogens is 5. The van der Waals surface area contributed by atoms with Crippen molar-refractivity contribution in [1.29, 1.82) is 0 Å². The molecule has 2 aromatic heterocycles. The fourth-order valence-electron chi connectivity index (χ4n) is 1.65. The van der Waals surface area contributed by atoms with Crippen molar-refractivity contribution in [3.05, 3.63) is 29.3 Å². The van der Waals surface area contributed by atoms with E-state index < -0.39 is 5.54 Å². The summed E-state index contributed by atoms with van der Waals surface area (Å²) in [7, 11) is 1.92. The van der Waals surface area contributed by atoms with Crippen LogP contribution in [0, 0.1) is 6.92 Å². The molecule has 2 aromatic rings. The molecule has 2 N–H and O–H groups in total. The van der Waals surface area contributed by atoms with E-state index in [1.165, 1.54) is 0 Å². The van der Waals surface area contributed by atoms with E-state index in [9.17, 15) is 0 Å². The van der Waals surface area contributed by atoms with Crippen molar-refractivity contribution >= 4 is 0 Å². The zero-order valence-corrected chi connectivity index (χ0v) is 10.7. The van der Waals surface area contributed by atoms with Gasteiger partial charge in [-0.1, -0.05) is 5.21 Å². The third-order valence-electron chi connectivity index (χ3n) is 2.62. The first-order valence-electron chi connectivity index (χ1n) is 5.55. The lowest BCUT2D eigenvalue weighted by molar-refractivity contribution is 0.533. The highest BCUT2D eigenvalue weighted by Gasteiger charge is 2.18. The van der Waals surface area contributed by atoms with E-state index in [2.05, 4.69) is 15.4 Å². The van der Waals surface area contributed by atoms with Gasteiger partial charge in [0, 0.05) is 7.05 Å². The zero-order chi connectivity index (χ0) is 12.6. The van der Waals surface area contributed by atoms with Crippen LogP contribution in [0.25, 0.3) is 0 Å². The molecule has 0 saturated carbocycles. The minimum atomic E-state index is -0.458. The maximum absolute atomic E-state index is 5.96. The third-order valence-corrected chi connectivity index (χ3v) is 2.62. The van der Waals surface area contributed by atoms with Crippen molar-refractivity contribution in [3.63, 3.8) is 0 Å². The van der Waals surface area contributed by atoms with Gasteiger partial charge in [-0.05, 0) is 26.8 Å². The van der Waals surface area contributed by atoms with Crippen LogP contribution in [0.15, 0.2) is 12.3 Å². The average Bonchev–Trinajstić information content (AvgIpc) is 2.74. The van der Waals surface area contributed by atoms with Crippen LogP contribution >= 0.6 is 0 Å². The van der Waals surface area contributed by atoms with Gasteiger partial charge in [-0.15, -0.1) is 5.10 Å². The van der Waals surface area contributed by atoms with Crippen LogP contribution in [-0.2, 0) is 19.1 Å². The highest BCUT2D eigenvalue weighted by Crippen LogP contribution is 2.13. The molecule has 0 aliphatic rings. The van der Waals surface area contributed by atoms with Gasteiger partial charge < -0.3 is 5.73 Å². The van der Waals surface area contributed by atoms with Gasteiger partial charge in [0.1, 0.15) is 5.69 Å². The summed E-state index contributed by atoms with van der Waals surface area (Å²) in [4.78, 5) is 0. The number of nitrogens with two attached hydrogens (primary N) is 1. The molecule has 0 spiro atoms. The predicted molar refractivity (Wildman–Crippen MR) is 64.3 cm³/mol. The van der Waals surface area contributed by atoms with E-state index in [0.29, 0.717) is 6.54 Å². The summed E-state index contributed by atoms with van der Waals surface area (Å²) in [5, 5.41) is 12.4. The standard InChI is InChI=1S/C11H18N6/c1-8-5-9(16(4)14-8)6-17-7-10(13-15-17)11(2,3)12/h5,7H,6,12H2,1-4H3. The normalized spacial score (nSPS) is 12.1. The molecular weight excluding hydrogens is 216 g/mol. The van der Waals surface area contributed by atoms with Gasteiger partial charge in [-0.2, -0.15) is 5.10 Å². The Hall–Kier alpha value is -1.69. The number of rotatable bonds is 3. The highest BCUT2D eigenvalue weighted by molar-refractivity contribution is 5.10. The molecule has 0 unspecified atom stereocenters. The van der Waals surface area contributed by atoms with Crippen molar-refractivity contribution in [2.75, 3.05) is 0 Å². The van der Waals surface area contributed by atoms with Crippen molar-refractivity contribution in [3.8, 4) is 0 Å². The minimum Gasteiger partial charge on any atom is -0.320 e. The van der Waals surface area contributed by atoms with E-state index in [1.807, 2.05) is 44.8 Å². The summed E-state index contributed by atoms with van der Waals surface area (Å²) in [5.74, 6) is 0. The first-order chi connectivity index (χ1) is 7.86. The van der Waals surface area contributed by atoms with E-state index >= 15 is 0 Å². The molecule has 17 heavy (non-hydrogen) atoms. The van der Waals surface area contributed by atoms with E-state index in [1.54, 1.807) is 4.68 Å². The number of hydrogen-bond donors (Lipinski definition) is 1. The lowest BCUT2D eigenvalue weighted by Crippen LogP contribution is -2.29. The molecule has 0 amide bonds. The van der Waals surface area contributed by atoms with Crippen LogP contribution in [0.3, 0.4) is 0 Å². The van der Waals surface area contributed by atoms with Gasteiger partial charge in [-0.25, -0.2) is 4.68 Å². The smallest absolute Gasteiger partial charge is 0.102 e. The first kappa shape index (κ1) is 11.8. The van der Waals surface area contributed by atoms with Crippen LogP contribution in [0.1, 0.15) is 30.9 Å². The second-order valence-corrected chi connectivity index (χ2v) is 4.92. The maximum atomic E-state index is 5.96. The first-order valence-corrected chi connectivity index (χ1v) is 5.55. The SMILES string of the molecule is Cc1cc(Cn2cc(C(C)(C)N)nn2)n(C)n1. The Balaban J connectivity index is 2.20. The molecule has 92 valence electrons. The molecule has 0 bridgehead atoms. The molecule has 0 fully saturated rings. The van der Waals surface area contributed by atoms with Crippen molar-refractivity contribution in [2.45, 2.75) is 32.9 Å². The molecule has 0 aliphatic carbocycles. The minimum absolute atomic E-state index is 0.458. The largest absolute Gasteiger partial charge is 0.320 e. The van der Waals surface area contributed by atoms with Gasteiger partial charge in [0.25, 0.3) is 0 Å². The Kier molecular flexibility index (Phi) is 2.74. The average molecular weight is 234 g/mol. The highest BCUT2D eigenvalue weighted by atomic mass is 15.4. The van der Waals surface area contributed by atoms with Crippen molar-refractivity contribution in [1.82, 2.24) is 24.8 Å². The second-order valence-electron chi connectivity index (χ2n) is 4.92.